The molecule has 2 aromatic heterocycles. The molecule has 2 aromatic rings. The Labute approximate surface area is 173 Å². The molecule has 1 unspecified atom stereocenters. The highest BCUT2D eigenvalue weighted by Gasteiger charge is 2.29. The molecule has 0 aliphatic carbocycles. The zero-order chi connectivity index (χ0) is 21.0. The number of ether oxygens (including phenoxy) is 3. The van der Waals surface area contributed by atoms with Gasteiger partial charge in [0.25, 0.3) is 5.91 Å². The predicted octanol–water partition coefficient (Wildman–Crippen LogP) is 2.51. The molecule has 0 spiro atoms. The summed E-state index contributed by atoms with van der Waals surface area (Å²) in [6.07, 6.45) is 1.18. The second-order valence-corrected chi connectivity index (χ2v) is 7.77. The SMILES string of the molecule is CCOC(=O)NC1CCCN(C(=O)c2sc3nc(COC)nc(OC)c3c2C)C1. The number of carbonyl (C=O) groups is 2. The Hall–Kier alpha value is -2.46. The van der Waals surface area contributed by atoms with Crippen molar-refractivity contribution < 1.29 is 23.8 Å². The van der Waals surface area contributed by atoms with Crippen LogP contribution in [0.1, 0.15) is 40.8 Å². The van der Waals surface area contributed by atoms with Gasteiger partial charge in [-0.1, -0.05) is 0 Å². The Balaban J connectivity index is 1.84. The smallest absolute Gasteiger partial charge is 0.407 e. The largest absolute Gasteiger partial charge is 0.480 e. The predicted molar refractivity (Wildman–Crippen MR) is 109 cm³/mol. The molecular formula is C19H26N4O5S. The van der Waals surface area contributed by atoms with Gasteiger partial charge in [0.05, 0.1) is 24.0 Å². The number of amides is 2. The summed E-state index contributed by atoms with van der Waals surface area (Å²) < 4.78 is 15.5. The molecule has 1 N–H and O–H groups in total. The van der Waals surface area contributed by atoms with E-state index in [0.29, 0.717) is 41.1 Å². The number of likely N-dealkylation sites (tertiary alicyclic amines) is 1. The highest BCUT2D eigenvalue weighted by molar-refractivity contribution is 7.20. The number of piperidine rings is 1. The van der Waals surface area contributed by atoms with E-state index in [2.05, 4.69) is 15.3 Å². The summed E-state index contributed by atoms with van der Waals surface area (Å²) in [5.74, 6) is 0.875. The molecule has 0 saturated carbocycles. The maximum atomic E-state index is 13.2. The van der Waals surface area contributed by atoms with Crippen LogP contribution >= 0.6 is 11.3 Å². The highest BCUT2D eigenvalue weighted by Crippen LogP contribution is 2.36. The lowest BCUT2D eigenvalue weighted by Gasteiger charge is -2.32. The van der Waals surface area contributed by atoms with Crippen molar-refractivity contribution in [1.82, 2.24) is 20.2 Å². The number of hydrogen-bond donors (Lipinski definition) is 1. The summed E-state index contributed by atoms with van der Waals surface area (Å²) in [5, 5.41) is 3.58. The zero-order valence-electron chi connectivity index (χ0n) is 17.1. The van der Waals surface area contributed by atoms with Gasteiger partial charge >= 0.3 is 6.09 Å². The average Bonchev–Trinajstić information content (AvgIpc) is 3.04. The molecule has 0 bridgehead atoms. The third-order valence-electron chi connectivity index (χ3n) is 4.77. The van der Waals surface area contributed by atoms with E-state index in [1.54, 1.807) is 26.0 Å². The van der Waals surface area contributed by atoms with Crippen LogP contribution in [0.3, 0.4) is 0 Å². The number of carbonyl (C=O) groups excluding carboxylic acids is 2. The van der Waals surface area contributed by atoms with Crippen LogP contribution in [0.2, 0.25) is 0 Å². The summed E-state index contributed by atoms with van der Waals surface area (Å²) in [4.78, 5) is 36.9. The van der Waals surface area contributed by atoms with Crippen molar-refractivity contribution in [2.75, 3.05) is 33.9 Å². The quantitative estimate of drug-likeness (QED) is 0.763. The van der Waals surface area contributed by atoms with Gasteiger partial charge in [0.1, 0.15) is 11.4 Å². The van der Waals surface area contributed by atoms with Crippen LogP contribution in [0, 0.1) is 6.92 Å². The van der Waals surface area contributed by atoms with Gasteiger partial charge < -0.3 is 24.4 Å². The first kappa shape index (κ1) is 21.3. The first-order valence-corrected chi connectivity index (χ1v) is 10.4. The number of thiophene rings is 1. The number of aromatic nitrogens is 2. The first-order chi connectivity index (χ1) is 14.0. The molecule has 3 heterocycles. The zero-order valence-corrected chi connectivity index (χ0v) is 17.9. The first-order valence-electron chi connectivity index (χ1n) is 9.53. The second kappa shape index (κ2) is 9.36. The third kappa shape index (κ3) is 4.59. The van der Waals surface area contributed by atoms with E-state index in [1.165, 1.54) is 11.3 Å². The lowest BCUT2D eigenvalue weighted by molar-refractivity contribution is 0.0690. The third-order valence-corrected chi connectivity index (χ3v) is 5.94. The molecule has 1 fully saturated rings. The number of fused-ring (bicyclic) bond motifs is 1. The van der Waals surface area contributed by atoms with Crippen molar-refractivity contribution in [1.29, 1.82) is 0 Å². The van der Waals surface area contributed by atoms with Gasteiger partial charge in [-0.25, -0.2) is 9.78 Å². The van der Waals surface area contributed by atoms with Gasteiger partial charge in [-0.15, -0.1) is 11.3 Å². The van der Waals surface area contributed by atoms with Gasteiger partial charge in [-0.2, -0.15) is 4.98 Å². The summed E-state index contributed by atoms with van der Waals surface area (Å²) >= 11 is 1.33. The fourth-order valence-corrected chi connectivity index (χ4v) is 4.61. The van der Waals surface area contributed by atoms with Crippen LogP contribution in [-0.2, 0) is 16.1 Å². The summed E-state index contributed by atoms with van der Waals surface area (Å²) in [6, 6.07) is -0.121. The molecule has 2 amide bonds. The number of hydrogen-bond acceptors (Lipinski definition) is 8. The van der Waals surface area contributed by atoms with E-state index in [1.807, 2.05) is 6.92 Å². The van der Waals surface area contributed by atoms with Crippen molar-refractivity contribution in [2.45, 2.75) is 39.3 Å². The Bertz CT molecular complexity index is 900. The minimum Gasteiger partial charge on any atom is -0.480 e. The molecule has 0 radical (unpaired) electrons. The maximum Gasteiger partial charge on any atom is 0.407 e. The standard InChI is InChI=1S/C19H26N4O5S/c1-5-28-19(25)20-12-7-6-8-23(9-12)18(24)15-11(2)14-16(27-4)21-13(10-26-3)22-17(14)29-15/h12H,5-10H2,1-4H3,(H,20,25). The van der Waals surface area contributed by atoms with Gasteiger partial charge in [0, 0.05) is 26.2 Å². The molecular weight excluding hydrogens is 396 g/mol. The van der Waals surface area contributed by atoms with E-state index in [0.717, 1.165) is 23.8 Å². The number of alkyl carbamates (subject to hydrolysis) is 1. The number of nitrogens with one attached hydrogen (secondary N) is 1. The molecule has 1 saturated heterocycles. The molecule has 158 valence electrons. The van der Waals surface area contributed by atoms with Crippen LogP contribution in [0.5, 0.6) is 5.88 Å². The van der Waals surface area contributed by atoms with E-state index in [9.17, 15) is 9.59 Å². The van der Waals surface area contributed by atoms with Gasteiger partial charge in [-0.3, -0.25) is 4.79 Å². The van der Waals surface area contributed by atoms with Gasteiger partial charge in [-0.05, 0) is 32.3 Å². The Morgan fingerprint density at radius 3 is 2.79 bits per heavy atom. The molecule has 9 nitrogen and oxygen atoms in total. The molecule has 3 rings (SSSR count). The molecule has 0 aromatic carbocycles. The molecule has 10 heteroatoms. The normalized spacial score (nSPS) is 16.7. The van der Waals surface area contributed by atoms with Crippen LogP contribution in [0.4, 0.5) is 4.79 Å². The Morgan fingerprint density at radius 2 is 2.10 bits per heavy atom. The van der Waals surface area contributed by atoms with Crippen LogP contribution in [0.15, 0.2) is 0 Å². The number of aryl methyl sites for hydroxylation is 1. The molecule has 29 heavy (non-hydrogen) atoms. The fourth-order valence-electron chi connectivity index (χ4n) is 3.45. The van der Waals surface area contributed by atoms with Crippen molar-refractivity contribution in [2.24, 2.45) is 0 Å². The molecule has 1 atom stereocenters. The minimum atomic E-state index is -0.449. The van der Waals surface area contributed by atoms with Crippen molar-refractivity contribution in [3.63, 3.8) is 0 Å². The second-order valence-electron chi connectivity index (χ2n) is 6.77. The minimum absolute atomic E-state index is 0.0730. The summed E-state index contributed by atoms with van der Waals surface area (Å²) in [6.45, 7) is 5.31. The number of nitrogens with zero attached hydrogens (tertiary/aromatic N) is 3. The van der Waals surface area contributed by atoms with Crippen LogP contribution < -0.4 is 10.1 Å². The highest BCUT2D eigenvalue weighted by atomic mass is 32.1. The topological polar surface area (TPSA) is 103 Å². The van der Waals surface area contributed by atoms with Gasteiger partial charge in [0.2, 0.25) is 5.88 Å². The lowest BCUT2D eigenvalue weighted by Crippen LogP contribution is -2.49. The van der Waals surface area contributed by atoms with Crippen LogP contribution in [0.25, 0.3) is 10.2 Å². The molecule has 1 aliphatic rings. The average molecular weight is 423 g/mol. The summed E-state index contributed by atoms with van der Waals surface area (Å²) in [5.41, 5.74) is 0.802. The lowest BCUT2D eigenvalue weighted by atomic mass is 10.1. The molecule has 1 aliphatic heterocycles. The van der Waals surface area contributed by atoms with E-state index < -0.39 is 6.09 Å². The maximum absolute atomic E-state index is 13.2. The van der Waals surface area contributed by atoms with E-state index >= 15 is 0 Å². The monoisotopic (exact) mass is 422 g/mol. The van der Waals surface area contributed by atoms with Crippen molar-refractivity contribution in [3.05, 3.63) is 16.3 Å². The van der Waals surface area contributed by atoms with E-state index in [4.69, 9.17) is 14.2 Å². The van der Waals surface area contributed by atoms with Crippen molar-refractivity contribution >= 4 is 33.6 Å². The summed E-state index contributed by atoms with van der Waals surface area (Å²) in [7, 11) is 3.12. The van der Waals surface area contributed by atoms with Crippen molar-refractivity contribution in [3.8, 4) is 5.88 Å². The number of rotatable bonds is 6. The van der Waals surface area contributed by atoms with Gasteiger partial charge in [0.15, 0.2) is 5.82 Å². The fraction of sp³-hybridized carbons (Fsp3) is 0.579. The van der Waals surface area contributed by atoms with Crippen LogP contribution in [-0.4, -0.2) is 66.8 Å². The Morgan fingerprint density at radius 1 is 1.31 bits per heavy atom. The number of methoxy groups -OCH3 is 2. The van der Waals surface area contributed by atoms with E-state index in [-0.39, 0.29) is 18.6 Å². The Kier molecular flexibility index (Phi) is 6.86.